The fourth-order valence-corrected chi connectivity index (χ4v) is 2.89. The van der Waals surface area contributed by atoms with Crippen molar-refractivity contribution in [3.8, 4) is 5.75 Å². The molecular weight excluding hydrogens is 437 g/mol. The minimum Gasteiger partial charge on any atom is -0.495 e. The second-order valence-corrected chi connectivity index (χ2v) is 6.54. The van der Waals surface area contributed by atoms with Gasteiger partial charge in [0.2, 0.25) is 5.91 Å². The van der Waals surface area contributed by atoms with E-state index in [-0.39, 0.29) is 12.5 Å². The summed E-state index contributed by atoms with van der Waals surface area (Å²) >= 11 is 8.15. The van der Waals surface area contributed by atoms with Crippen LogP contribution in [0.2, 0.25) is 5.02 Å². The smallest absolute Gasteiger partial charge is 0.407 e. The molecule has 0 aromatic heterocycles. The second-order valence-electron chi connectivity index (χ2n) is 4.97. The van der Waals surface area contributed by atoms with Crippen LogP contribution in [0, 0.1) is 3.57 Å². The fraction of sp³-hybridized carbons (Fsp3) is 0.429. The topological polar surface area (TPSA) is 82.1 Å². The van der Waals surface area contributed by atoms with Gasteiger partial charge in [-0.1, -0.05) is 11.6 Å². The number of amides is 2. The predicted molar refractivity (Wildman–Crippen MR) is 95.4 cm³/mol. The number of ether oxygens (including phenoxy) is 1. The summed E-state index contributed by atoms with van der Waals surface area (Å²) in [5.41, 5.74) is 0.693. The van der Waals surface area contributed by atoms with Crippen LogP contribution in [-0.2, 0) is 4.79 Å². The zero-order valence-electron chi connectivity index (χ0n) is 12.5. The molecule has 1 aromatic rings. The largest absolute Gasteiger partial charge is 0.495 e. The van der Waals surface area contributed by atoms with Crippen LogP contribution in [0.25, 0.3) is 0 Å². The van der Waals surface area contributed by atoms with Gasteiger partial charge in [-0.05, 0) is 28.7 Å². The van der Waals surface area contributed by atoms with E-state index in [0.29, 0.717) is 42.6 Å². The maximum atomic E-state index is 12.2. The van der Waals surface area contributed by atoms with Crippen LogP contribution in [0.5, 0.6) is 5.75 Å². The van der Waals surface area contributed by atoms with Gasteiger partial charge in [-0.15, -0.1) is 0 Å². The summed E-state index contributed by atoms with van der Waals surface area (Å²) in [7, 11) is 1.54. The van der Waals surface area contributed by atoms with Gasteiger partial charge >= 0.3 is 6.09 Å². The molecule has 7 nitrogen and oxygen atoms in total. The first kappa shape index (κ1) is 17.9. The van der Waals surface area contributed by atoms with E-state index in [9.17, 15) is 9.59 Å². The highest BCUT2D eigenvalue weighted by Gasteiger charge is 2.23. The molecule has 1 heterocycles. The molecule has 0 aliphatic carbocycles. The SMILES string of the molecule is COc1cc(Cl)c(I)cc1NCC(=O)N1CCN(C(=O)O)CC1. The number of carboxylic acid groups (broad SMARTS) is 1. The Hall–Kier alpha value is -1.42. The molecule has 1 aromatic carbocycles. The molecule has 23 heavy (non-hydrogen) atoms. The summed E-state index contributed by atoms with van der Waals surface area (Å²) < 4.78 is 6.11. The molecule has 0 atom stereocenters. The summed E-state index contributed by atoms with van der Waals surface area (Å²) in [6, 6.07) is 3.51. The van der Waals surface area contributed by atoms with Crippen LogP contribution in [-0.4, -0.2) is 66.7 Å². The zero-order chi connectivity index (χ0) is 17.0. The van der Waals surface area contributed by atoms with Gasteiger partial charge in [0.05, 0.1) is 24.4 Å². The maximum absolute atomic E-state index is 12.2. The number of hydrogen-bond acceptors (Lipinski definition) is 4. The van der Waals surface area contributed by atoms with Gasteiger partial charge in [-0.2, -0.15) is 0 Å². The van der Waals surface area contributed by atoms with Crippen molar-refractivity contribution in [2.24, 2.45) is 0 Å². The monoisotopic (exact) mass is 453 g/mol. The van der Waals surface area contributed by atoms with Crippen molar-refractivity contribution >= 4 is 51.9 Å². The summed E-state index contributed by atoms with van der Waals surface area (Å²) in [6.45, 7) is 1.60. The molecule has 126 valence electrons. The summed E-state index contributed by atoms with van der Waals surface area (Å²) in [5.74, 6) is 0.487. The van der Waals surface area contributed by atoms with Gasteiger partial charge in [0.25, 0.3) is 0 Å². The molecule has 2 rings (SSSR count). The van der Waals surface area contributed by atoms with Crippen molar-refractivity contribution in [1.82, 2.24) is 9.80 Å². The van der Waals surface area contributed by atoms with Crippen LogP contribution >= 0.6 is 34.2 Å². The highest BCUT2D eigenvalue weighted by Crippen LogP contribution is 2.32. The lowest BCUT2D eigenvalue weighted by molar-refractivity contribution is -0.130. The number of nitrogens with one attached hydrogen (secondary N) is 1. The Morgan fingerprint density at radius 1 is 1.30 bits per heavy atom. The van der Waals surface area contributed by atoms with Crippen LogP contribution in [0.3, 0.4) is 0 Å². The van der Waals surface area contributed by atoms with Crippen LogP contribution < -0.4 is 10.1 Å². The van der Waals surface area contributed by atoms with Crippen molar-refractivity contribution < 1.29 is 19.4 Å². The number of benzene rings is 1. The lowest BCUT2D eigenvalue weighted by Crippen LogP contribution is -2.51. The Labute approximate surface area is 152 Å². The van der Waals surface area contributed by atoms with E-state index < -0.39 is 6.09 Å². The molecule has 0 saturated carbocycles. The second kappa shape index (κ2) is 7.91. The van der Waals surface area contributed by atoms with Crippen molar-refractivity contribution in [1.29, 1.82) is 0 Å². The molecule has 0 bridgehead atoms. The number of halogens is 2. The number of rotatable bonds is 4. The molecule has 0 radical (unpaired) electrons. The Bertz CT molecular complexity index is 606. The Kier molecular flexibility index (Phi) is 6.17. The van der Waals surface area contributed by atoms with E-state index >= 15 is 0 Å². The fourth-order valence-electron chi connectivity index (χ4n) is 2.27. The molecule has 2 N–H and O–H groups in total. The number of anilines is 1. The molecule has 1 saturated heterocycles. The van der Waals surface area contributed by atoms with E-state index in [1.807, 2.05) is 6.07 Å². The van der Waals surface area contributed by atoms with Gasteiger partial charge in [0, 0.05) is 35.8 Å². The van der Waals surface area contributed by atoms with E-state index in [2.05, 4.69) is 27.9 Å². The van der Waals surface area contributed by atoms with Crippen LogP contribution in [0.15, 0.2) is 12.1 Å². The molecule has 0 spiro atoms. The summed E-state index contributed by atoms with van der Waals surface area (Å²) in [4.78, 5) is 26.0. The summed E-state index contributed by atoms with van der Waals surface area (Å²) in [5, 5.41) is 12.5. The minimum absolute atomic E-state index is 0.0814. The van der Waals surface area contributed by atoms with Crippen molar-refractivity contribution in [3.05, 3.63) is 20.7 Å². The molecular formula is C14H17ClIN3O4. The van der Waals surface area contributed by atoms with Gasteiger partial charge < -0.3 is 25.0 Å². The van der Waals surface area contributed by atoms with E-state index in [1.165, 1.54) is 12.0 Å². The first-order valence-corrected chi connectivity index (χ1v) is 8.40. The lowest BCUT2D eigenvalue weighted by atomic mass is 10.2. The zero-order valence-corrected chi connectivity index (χ0v) is 15.4. The van der Waals surface area contributed by atoms with Crippen LogP contribution in [0.1, 0.15) is 0 Å². The third-order valence-corrected chi connectivity index (χ3v) is 5.10. The number of methoxy groups -OCH3 is 1. The van der Waals surface area contributed by atoms with Gasteiger partial charge in [0.15, 0.2) is 0 Å². The average molecular weight is 454 g/mol. The lowest BCUT2D eigenvalue weighted by Gasteiger charge is -2.33. The number of nitrogens with zero attached hydrogens (tertiary/aromatic N) is 2. The first-order valence-electron chi connectivity index (χ1n) is 6.95. The minimum atomic E-state index is -0.948. The number of carbonyl (C=O) groups is 2. The molecule has 1 aliphatic rings. The van der Waals surface area contributed by atoms with E-state index in [0.717, 1.165) is 3.57 Å². The maximum Gasteiger partial charge on any atom is 0.407 e. The van der Waals surface area contributed by atoms with Crippen molar-refractivity contribution in [3.63, 3.8) is 0 Å². The molecule has 1 fully saturated rings. The normalized spacial score (nSPS) is 14.6. The average Bonchev–Trinajstić information content (AvgIpc) is 2.55. The van der Waals surface area contributed by atoms with Gasteiger partial charge in [-0.3, -0.25) is 4.79 Å². The third-order valence-electron chi connectivity index (χ3n) is 3.58. The predicted octanol–water partition coefficient (Wildman–Crippen LogP) is 2.19. The van der Waals surface area contributed by atoms with Crippen molar-refractivity contribution in [2.75, 3.05) is 45.2 Å². The van der Waals surface area contributed by atoms with Crippen LogP contribution in [0.4, 0.5) is 10.5 Å². The van der Waals surface area contributed by atoms with E-state index in [1.54, 1.807) is 11.0 Å². The molecule has 9 heteroatoms. The standard InChI is InChI=1S/C14H17ClIN3O4/c1-23-12-6-9(15)10(16)7-11(12)17-8-13(20)18-2-4-19(5-3-18)14(21)22/h6-7,17H,2-5,8H2,1H3,(H,21,22). The highest BCUT2D eigenvalue weighted by molar-refractivity contribution is 14.1. The number of hydrogen-bond donors (Lipinski definition) is 2. The highest BCUT2D eigenvalue weighted by atomic mass is 127. The van der Waals surface area contributed by atoms with E-state index in [4.69, 9.17) is 21.4 Å². The Balaban J connectivity index is 1.92. The van der Waals surface area contributed by atoms with Gasteiger partial charge in [0.1, 0.15) is 5.75 Å². The first-order chi connectivity index (χ1) is 10.9. The quantitative estimate of drug-likeness (QED) is 0.683. The van der Waals surface area contributed by atoms with Crippen molar-refractivity contribution in [2.45, 2.75) is 0 Å². The molecule has 2 amide bonds. The summed E-state index contributed by atoms with van der Waals surface area (Å²) in [6.07, 6.45) is -0.948. The number of carbonyl (C=O) groups excluding carboxylic acids is 1. The molecule has 0 unspecified atom stereocenters. The van der Waals surface area contributed by atoms with Gasteiger partial charge in [-0.25, -0.2) is 4.79 Å². The Morgan fingerprint density at radius 3 is 2.48 bits per heavy atom. The molecule has 1 aliphatic heterocycles. The third kappa shape index (κ3) is 4.54. The Morgan fingerprint density at radius 2 is 1.91 bits per heavy atom. The number of piperazine rings is 1.